The number of cyclic esters (lactones) is 1. The number of carbonyl (C=O) groups excluding carboxylic acids is 2. The molecule has 2 aliphatic heterocycles. The van der Waals surface area contributed by atoms with Crippen LogP contribution in [-0.2, 0) is 44.2 Å². The van der Waals surface area contributed by atoms with E-state index in [1.54, 1.807) is 49.6 Å². The Bertz CT molecular complexity index is 1490. The lowest BCUT2D eigenvalue weighted by atomic mass is 9.85. The summed E-state index contributed by atoms with van der Waals surface area (Å²) in [6, 6.07) is 5.81. The molecule has 3 aromatic rings. The molecule has 4 heterocycles. The fourth-order valence-corrected chi connectivity index (χ4v) is 5.22. The number of ether oxygens (including phenoxy) is 2. The normalized spacial score (nSPS) is 19.0. The highest BCUT2D eigenvalue weighted by atomic mass is 16.6. The highest BCUT2D eigenvalue weighted by Gasteiger charge is 2.51. The summed E-state index contributed by atoms with van der Waals surface area (Å²) in [5.74, 6) is -1.50. The van der Waals surface area contributed by atoms with Crippen molar-refractivity contribution in [1.82, 2.24) is 9.55 Å². The largest absolute Gasteiger partial charge is 0.508 e. The summed E-state index contributed by atoms with van der Waals surface area (Å²) in [4.78, 5) is 44.5. The van der Waals surface area contributed by atoms with Crippen molar-refractivity contribution in [1.29, 1.82) is 0 Å². The van der Waals surface area contributed by atoms with Crippen molar-refractivity contribution in [3.05, 3.63) is 56.9 Å². The van der Waals surface area contributed by atoms with E-state index in [2.05, 4.69) is 0 Å². The lowest BCUT2D eigenvalue weighted by molar-refractivity contribution is -0.190. The van der Waals surface area contributed by atoms with Gasteiger partial charge in [-0.2, -0.15) is 0 Å². The number of hydrogen-bond donors (Lipinski definition) is 2. The average molecular weight is 492 g/mol. The van der Waals surface area contributed by atoms with Gasteiger partial charge in [-0.15, -0.1) is 0 Å². The number of carbonyl (C=O) groups is 2. The first-order valence-electron chi connectivity index (χ1n) is 12.2. The number of aryl methyl sites for hydroxylation is 1. The molecule has 0 saturated carbocycles. The molecule has 9 heteroatoms. The Morgan fingerprint density at radius 3 is 2.67 bits per heavy atom. The van der Waals surface area contributed by atoms with Crippen molar-refractivity contribution in [2.45, 2.75) is 65.3 Å². The van der Waals surface area contributed by atoms with Gasteiger partial charge < -0.3 is 24.9 Å². The van der Waals surface area contributed by atoms with Gasteiger partial charge in [0.05, 0.1) is 29.0 Å². The molecule has 0 fully saturated rings. The van der Waals surface area contributed by atoms with E-state index in [0.29, 0.717) is 35.4 Å². The monoisotopic (exact) mass is 491 g/mol. The van der Waals surface area contributed by atoms with E-state index >= 15 is 0 Å². The van der Waals surface area contributed by atoms with E-state index in [1.165, 1.54) is 0 Å². The van der Waals surface area contributed by atoms with Crippen molar-refractivity contribution < 1.29 is 24.2 Å². The minimum atomic E-state index is -1.77. The zero-order valence-corrected chi connectivity index (χ0v) is 20.8. The third-order valence-corrected chi connectivity index (χ3v) is 7.38. The number of nitrogens with zero attached hydrogens (tertiary/aromatic N) is 2. The highest BCUT2D eigenvalue weighted by molar-refractivity contribution is 5.91. The van der Waals surface area contributed by atoms with Crippen LogP contribution in [0.2, 0.25) is 0 Å². The molecule has 9 nitrogen and oxygen atoms in total. The predicted molar refractivity (Wildman–Crippen MR) is 132 cm³/mol. The molecule has 3 N–H and O–H groups in total. The maximum Gasteiger partial charge on any atom is 0.355 e. The molecule has 2 atom stereocenters. The molecular formula is C27H29N3O6. The van der Waals surface area contributed by atoms with Crippen molar-refractivity contribution in [3.63, 3.8) is 0 Å². The molecule has 0 unspecified atom stereocenters. The third-order valence-electron chi connectivity index (χ3n) is 7.38. The zero-order valence-electron chi connectivity index (χ0n) is 20.8. The third kappa shape index (κ3) is 3.33. The van der Waals surface area contributed by atoms with E-state index in [1.807, 2.05) is 6.92 Å². The quantitative estimate of drug-likeness (QED) is 0.407. The second-order valence-corrected chi connectivity index (χ2v) is 9.73. The minimum Gasteiger partial charge on any atom is -0.508 e. The fourth-order valence-electron chi connectivity index (χ4n) is 5.22. The first kappa shape index (κ1) is 24.0. The number of esters is 2. The molecule has 0 bridgehead atoms. The van der Waals surface area contributed by atoms with Crippen molar-refractivity contribution in [2.75, 3.05) is 0 Å². The highest BCUT2D eigenvalue weighted by Crippen LogP contribution is 2.42. The maximum absolute atomic E-state index is 13.7. The molecule has 0 saturated heterocycles. The van der Waals surface area contributed by atoms with Crippen LogP contribution in [0.3, 0.4) is 0 Å². The van der Waals surface area contributed by atoms with Crippen LogP contribution >= 0.6 is 0 Å². The molecule has 1 aromatic carbocycles. The topological polar surface area (TPSA) is 134 Å². The zero-order chi connectivity index (χ0) is 25.9. The lowest BCUT2D eigenvalue weighted by Crippen LogP contribution is -2.50. The standard InChI is InChI=1S/C27H29N3O6/c1-5-15-16-9-14(31)7-8-20(16)29-23-17(15)11-30-21(23)10-19-18(24(30)32)12-35-26(34)27(19,6-2)36-25(33)22(28)13(3)4/h7-10,13,22,31H,5-6,11-12,28H2,1-4H3/t22-,27-/m0/s1. The number of aromatic hydroxyl groups is 1. The predicted octanol–water partition coefficient (Wildman–Crippen LogP) is 2.88. The summed E-state index contributed by atoms with van der Waals surface area (Å²) in [5, 5.41) is 10.9. The molecule has 36 heavy (non-hydrogen) atoms. The maximum atomic E-state index is 13.7. The molecule has 0 aliphatic carbocycles. The van der Waals surface area contributed by atoms with Gasteiger partial charge in [0, 0.05) is 16.5 Å². The first-order chi connectivity index (χ1) is 17.1. The minimum absolute atomic E-state index is 0.0791. The number of aromatic nitrogens is 2. The Morgan fingerprint density at radius 1 is 1.25 bits per heavy atom. The molecule has 5 rings (SSSR count). The summed E-state index contributed by atoms with van der Waals surface area (Å²) in [6.07, 6.45) is 0.758. The fraction of sp³-hybridized carbons (Fsp3) is 0.407. The average Bonchev–Trinajstić information content (AvgIpc) is 3.22. The smallest absolute Gasteiger partial charge is 0.355 e. The second-order valence-electron chi connectivity index (χ2n) is 9.73. The van der Waals surface area contributed by atoms with Crippen LogP contribution in [0.25, 0.3) is 22.3 Å². The summed E-state index contributed by atoms with van der Waals surface area (Å²) in [6.45, 7) is 7.40. The molecule has 0 radical (unpaired) electrons. The van der Waals surface area contributed by atoms with E-state index in [-0.39, 0.29) is 35.8 Å². The first-order valence-corrected chi connectivity index (χ1v) is 12.2. The number of fused-ring (bicyclic) bond motifs is 5. The number of benzene rings is 1. The van der Waals surface area contributed by atoms with Crippen molar-refractivity contribution in [3.8, 4) is 17.1 Å². The van der Waals surface area contributed by atoms with E-state index < -0.39 is 23.6 Å². The van der Waals surface area contributed by atoms with E-state index in [9.17, 15) is 19.5 Å². The Morgan fingerprint density at radius 2 is 2.00 bits per heavy atom. The Kier molecular flexibility index (Phi) is 5.63. The van der Waals surface area contributed by atoms with Gasteiger partial charge in [-0.1, -0.05) is 27.7 Å². The van der Waals surface area contributed by atoms with Crippen LogP contribution in [0.1, 0.15) is 56.4 Å². The Balaban J connectivity index is 1.74. The van der Waals surface area contributed by atoms with Crippen LogP contribution in [0.5, 0.6) is 5.75 Å². The molecule has 0 spiro atoms. The van der Waals surface area contributed by atoms with Crippen molar-refractivity contribution >= 4 is 22.8 Å². The van der Waals surface area contributed by atoms with Gasteiger partial charge in [-0.3, -0.25) is 9.59 Å². The summed E-state index contributed by atoms with van der Waals surface area (Å²) in [7, 11) is 0. The number of pyridine rings is 2. The van der Waals surface area contributed by atoms with Crippen molar-refractivity contribution in [2.24, 2.45) is 11.7 Å². The van der Waals surface area contributed by atoms with Gasteiger partial charge in [-0.25, -0.2) is 9.78 Å². The summed E-state index contributed by atoms with van der Waals surface area (Å²) >= 11 is 0. The van der Waals surface area contributed by atoms with Gasteiger partial charge in [0.1, 0.15) is 18.4 Å². The van der Waals surface area contributed by atoms with Crippen LogP contribution in [-0.4, -0.2) is 32.6 Å². The molecule has 0 amide bonds. The van der Waals surface area contributed by atoms with Crippen LogP contribution < -0.4 is 11.3 Å². The molecule has 188 valence electrons. The SMILES string of the molecule is CCc1c2c(nc3ccc(O)cc13)-c1cc3c(c(=O)n1C2)COC(=O)[C@@]3(CC)OC(=O)[C@@H](N)C(C)C. The van der Waals surface area contributed by atoms with Crippen LogP contribution in [0.4, 0.5) is 0 Å². The van der Waals surface area contributed by atoms with Gasteiger partial charge in [0.25, 0.3) is 5.56 Å². The summed E-state index contributed by atoms with van der Waals surface area (Å²) < 4.78 is 12.8. The lowest BCUT2D eigenvalue weighted by Gasteiger charge is -2.36. The van der Waals surface area contributed by atoms with Gasteiger partial charge >= 0.3 is 11.9 Å². The Hall–Kier alpha value is -3.72. The van der Waals surface area contributed by atoms with Gasteiger partial charge in [0.2, 0.25) is 5.60 Å². The number of nitrogens with two attached hydrogens (primary N) is 1. The van der Waals surface area contributed by atoms with Crippen LogP contribution in [0, 0.1) is 5.92 Å². The number of rotatable bonds is 5. The van der Waals surface area contributed by atoms with Gasteiger partial charge in [-0.05, 0) is 48.6 Å². The number of phenols is 1. The summed E-state index contributed by atoms with van der Waals surface area (Å²) in [5.41, 5.74) is 8.29. The number of phenolic OH excluding ortho intramolecular Hbond substituents is 1. The molecular weight excluding hydrogens is 462 g/mol. The number of hydrogen-bond acceptors (Lipinski definition) is 8. The van der Waals surface area contributed by atoms with E-state index in [4.69, 9.17) is 20.2 Å². The molecule has 2 aromatic heterocycles. The second kappa shape index (κ2) is 8.44. The molecule has 2 aliphatic rings. The Labute approximate surface area is 207 Å². The van der Waals surface area contributed by atoms with Gasteiger partial charge in [0.15, 0.2) is 0 Å². The van der Waals surface area contributed by atoms with Crippen LogP contribution in [0.15, 0.2) is 29.1 Å². The van der Waals surface area contributed by atoms with E-state index in [0.717, 1.165) is 16.5 Å².